The third kappa shape index (κ3) is 5.30. The highest BCUT2D eigenvalue weighted by molar-refractivity contribution is 5.88. The van der Waals surface area contributed by atoms with Crippen LogP contribution in [0.1, 0.15) is 0 Å². The molecule has 0 saturated carbocycles. The van der Waals surface area contributed by atoms with Gasteiger partial charge in [-0.2, -0.15) is 0 Å². The molecular weight excluding hydrogens is 552 g/mol. The van der Waals surface area contributed by atoms with Crippen molar-refractivity contribution in [3.8, 4) is 34.3 Å². The molecule has 3 heterocycles. The molecule has 15 nitrogen and oxygen atoms in total. The lowest BCUT2D eigenvalue weighted by Gasteiger charge is -2.42. The first-order valence-electron chi connectivity index (χ1n) is 12.4. The number of aliphatic hydroxyl groups is 6. The van der Waals surface area contributed by atoms with Gasteiger partial charge in [-0.15, -0.1) is 0 Å². The Labute approximate surface area is 230 Å². The fraction of sp³-hybridized carbons (Fsp3) is 0.423. The smallest absolute Gasteiger partial charge is 0.239 e. The molecule has 0 unspecified atom stereocenters. The van der Waals surface area contributed by atoms with Crippen LogP contribution in [-0.2, 0) is 14.2 Å². The van der Waals surface area contributed by atoms with Gasteiger partial charge in [0.1, 0.15) is 64.8 Å². The SMILES string of the molecule is O=c1c(O[C@@H]2O[C@H](CO)[C@@H](O)[C@H](O)[C@H]2O[C@@H]2O[C@H](CO)[C@H](O)[C@H]2O)c(-c2ccc(O)cc2)oc2cc(O)cc(O)c12. The molecule has 3 aromatic rings. The molecule has 2 aliphatic heterocycles. The van der Waals surface area contributed by atoms with Crippen molar-refractivity contribution < 1.29 is 69.3 Å². The highest BCUT2D eigenvalue weighted by atomic mass is 16.8. The lowest BCUT2D eigenvalue weighted by atomic mass is 9.99. The van der Waals surface area contributed by atoms with Crippen LogP contribution in [0.2, 0.25) is 0 Å². The molecule has 0 aliphatic carbocycles. The van der Waals surface area contributed by atoms with Crippen LogP contribution in [0.4, 0.5) is 0 Å². The quantitative estimate of drug-likeness (QED) is 0.150. The zero-order valence-corrected chi connectivity index (χ0v) is 21.0. The van der Waals surface area contributed by atoms with E-state index >= 15 is 0 Å². The topological polar surface area (TPSA) is 249 Å². The van der Waals surface area contributed by atoms with Gasteiger partial charge in [-0.3, -0.25) is 4.79 Å². The second kappa shape index (κ2) is 11.4. The van der Waals surface area contributed by atoms with Crippen molar-refractivity contribution in [3.63, 3.8) is 0 Å². The summed E-state index contributed by atoms with van der Waals surface area (Å²) in [6.45, 7) is -1.47. The Kier molecular flexibility index (Phi) is 8.06. The average Bonchev–Trinajstić information content (AvgIpc) is 3.21. The fourth-order valence-electron chi connectivity index (χ4n) is 4.72. The van der Waals surface area contributed by atoms with Gasteiger partial charge in [0.15, 0.2) is 18.2 Å². The second-order valence-electron chi connectivity index (χ2n) is 9.61. The third-order valence-electron chi connectivity index (χ3n) is 6.90. The summed E-state index contributed by atoms with van der Waals surface area (Å²) in [6.07, 6.45) is -14.7. The Balaban J connectivity index is 1.60. The van der Waals surface area contributed by atoms with Crippen LogP contribution in [0, 0.1) is 0 Å². The van der Waals surface area contributed by atoms with Crippen molar-refractivity contribution >= 4 is 11.0 Å². The van der Waals surface area contributed by atoms with E-state index in [4.69, 9.17) is 23.4 Å². The Morgan fingerprint density at radius 3 is 2.00 bits per heavy atom. The standard InChI is InChI=1S/C26H28O15/c27-7-14-17(32)20(35)24(41-25-21(36)18(33)15(8-28)38-25)26(39-14)40-23-19(34)16-12(31)5-11(30)6-13(16)37-22(23)9-1-3-10(29)4-2-9/h1-6,14-15,17-18,20-21,24-33,35-36H,7-8H2/t14-,15-,17-,18+,20+,21-,24-,25+,26+/m1/s1. The van der Waals surface area contributed by atoms with Gasteiger partial charge in [0.25, 0.3) is 0 Å². The number of aromatic hydroxyl groups is 3. The lowest BCUT2D eigenvalue weighted by Crippen LogP contribution is -2.62. The van der Waals surface area contributed by atoms with Crippen molar-refractivity contribution in [2.75, 3.05) is 13.2 Å². The Hall–Kier alpha value is -3.51. The molecule has 9 atom stereocenters. The first kappa shape index (κ1) is 29.0. The molecule has 2 aliphatic rings. The number of aliphatic hydroxyl groups excluding tert-OH is 6. The van der Waals surface area contributed by atoms with E-state index in [9.17, 15) is 50.8 Å². The van der Waals surface area contributed by atoms with Crippen molar-refractivity contribution in [3.05, 3.63) is 46.6 Å². The summed E-state index contributed by atoms with van der Waals surface area (Å²) in [5.41, 5.74) is -0.991. The minimum atomic E-state index is -1.86. The van der Waals surface area contributed by atoms with Gasteiger partial charge in [-0.25, -0.2) is 0 Å². The number of phenols is 3. The van der Waals surface area contributed by atoms with Gasteiger partial charge >= 0.3 is 0 Å². The zero-order valence-electron chi connectivity index (χ0n) is 21.0. The number of hydrogen-bond donors (Lipinski definition) is 9. The molecule has 5 rings (SSSR count). The monoisotopic (exact) mass is 580 g/mol. The van der Waals surface area contributed by atoms with E-state index < -0.39 is 96.6 Å². The molecule has 0 spiro atoms. The average molecular weight is 580 g/mol. The molecule has 15 heteroatoms. The van der Waals surface area contributed by atoms with Gasteiger partial charge in [0, 0.05) is 17.7 Å². The minimum absolute atomic E-state index is 0.111. The van der Waals surface area contributed by atoms with E-state index in [0.717, 1.165) is 12.1 Å². The van der Waals surface area contributed by atoms with E-state index in [1.165, 1.54) is 24.3 Å². The second-order valence-corrected chi connectivity index (χ2v) is 9.61. The third-order valence-corrected chi connectivity index (χ3v) is 6.90. The molecule has 222 valence electrons. The fourth-order valence-corrected chi connectivity index (χ4v) is 4.72. The molecule has 41 heavy (non-hydrogen) atoms. The molecule has 1 aromatic heterocycles. The van der Waals surface area contributed by atoms with Gasteiger partial charge in [0.2, 0.25) is 17.5 Å². The van der Waals surface area contributed by atoms with Gasteiger partial charge < -0.3 is 69.3 Å². The molecule has 9 N–H and O–H groups in total. The Bertz CT molecular complexity index is 1440. The van der Waals surface area contributed by atoms with Crippen LogP contribution in [0.5, 0.6) is 23.0 Å². The largest absolute Gasteiger partial charge is 0.508 e. The van der Waals surface area contributed by atoms with Crippen LogP contribution in [0.3, 0.4) is 0 Å². The van der Waals surface area contributed by atoms with Crippen LogP contribution < -0.4 is 10.2 Å². The van der Waals surface area contributed by atoms with E-state index in [2.05, 4.69) is 0 Å². The zero-order chi connectivity index (χ0) is 29.6. The van der Waals surface area contributed by atoms with Gasteiger partial charge in [-0.1, -0.05) is 0 Å². The maximum absolute atomic E-state index is 13.7. The van der Waals surface area contributed by atoms with E-state index in [1.54, 1.807) is 0 Å². The minimum Gasteiger partial charge on any atom is -0.508 e. The van der Waals surface area contributed by atoms with Crippen molar-refractivity contribution in [1.29, 1.82) is 0 Å². The van der Waals surface area contributed by atoms with Crippen molar-refractivity contribution in [2.24, 2.45) is 0 Å². The number of ether oxygens (including phenoxy) is 4. The van der Waals surface area contributed by atoms with Gasteiger partial charge in [0.05, 0.1) is 13.2 Å². The molecule has 2 fully saturated rings. The van der Waals surface area contributed by atoms with E-state index in [-0.39, 0.29) is 22.7 Å². The highest BCUT2D eigenvalue weighted by Crippen LogP contribution is 2.38. The Morgan fingerprint density at radius 2 is 1.37 bits per heavy atom. The van der Waals surface area contributed by atoms with Crippen molar-refractivity contribution in [2.45, 2.75) is 55.3 Å². The normalized spacial score (nSPS) is 31.9. The van der Waals surface area contributed by atoms with Crippen LogP contribution in [0.15, 0.2) is 45.6 Å². The summed E-state index contributed by atoms with van der Waals surface area (Å²) in [5, 5.41) is 90.5. The first-order chi connectivity index (χ1) is 19.5. The van der Waals surface area contributed by atoms with E-state index in [0.29, 0.717) is 0 Å². The summed E-state index contributed by atoms with van der Waals surface area (Å²) < 4.78 is 28.2. The molecule has 0 amide bonds. The summed E-state index contributed by atoms with van der Waals surface area (Å²) in [4.78, 5) is 13.7. The van der Waals surface area contributed by atoms with Crippen LogP contribution in [0.25, 0.3) is 22.3 Å². The van der Waals surface area contributed by atoms with E-state index in [1.807, 2.05) is 0 Å². The van der Waals surface area contributed by atoms with Crippen molar-refractivity contribution in [1.82, 2.24) is 0 Å². The van der Waals surface area contributed by atoms with Crippen LogP contribution >= 0.6 is 0 Å². The predicted molar refractivity (Wildman–Crippen MR) is 134 cm³/mol. The predicted octanol–water partition coefficient (Wildman–Crippen LogP) is -1.78. The Morgan fingerprint density at radius 1 is 0.756 bits per heavy atom. The molecular formula is C26H28O15. The number of fused-ring (bicyclic) bond motifs is 1. The summed E-state index contributed by atoms with van der Waals surface area (Å²) in [6, 6.07) is 7.30. The number of benzene rings is 2. The highest BCUT2D eigenvalue weighted by Gasteiger charge is 2.51. The molecule has 0 bridgehead atoms. The molecule has 2 saturated heterocycles. The summed E-state index contributed by atoms with van der Waals surface area (Å²) in [7, 11) is 0. The number of phenolic OH excluding ortho intramolecular Hbond substituents is 3. The molecule has 0 radical (unpaired) electrons. The van der Waals surface area contributed by atoms with Gasteiger partial charge in [-0.05, 0) is 24.3 Å². The van der Waals surface area contributed by atoms with Crippen LogP contribution in [-0.4, -0.2) is 114 Å². The number of hydrogen-bond acceptors (Lipinski definition) is 15. The lowest BCUT2D eigenvalue weighted by molar-refractivity contribution is -0.320. The maximum atomic E-state index is 13.7. The summed E-state index contributed by atoms with van der Waals surface area (Å²) >= 11 is 0. The molecule has 2 aromatic carbocycles. The summed E-state index contributed by atoms with van der Waals surface area (Å²) in [5.74, 6) is -2.02. The first-order valence-corrected chi connectivity index (χ1v) is 12.4. The maximum Gasteiger partial charge on any atom is 0.239 e. The number of rotatable bonds is 7.